The molecule has 2 heterocycles. The monoisotopic (exact) mass is 356 g/mol. The molecule has 0 aliphatic heterocycles. The first-order valence-corrected chi connectivity index (χ1v) is 7.91. The summed E-state index contributed by atoms with van der Waals surface area (Å²) in [5.41, 5.74) is 7.06. The van der Waals surface area contributed by atoms with Gasteiger partial charge in [-0.15, -0.1) is 11.3 Å². The van der Waals surface area contributed by atoms with Crippen LogP contribution in [-0.4, -0.2) is 23.6 Å². The van der Waals surface area contributed by atoms with Crippen LogP contribution in [0.15, 0.2) is 21.3 Å². The maximum Gasteiger partial charge on any atom is 0.158 e. The normalized spacial score (nSPS) is 10.8. The molecule has 0 fully saturated rings. The van der Waals surface area contributed by atoms with Crippen LogP contribution < -0.4 is 10.6 Å². The third-order valence-corrected chi connectivity index (χ3v) is 4.20. The summed E-state index contributed by atoms with van der Waals surface area (Å²) in [4.78, 5) is 10.7. The molecule has 5 nitrogen and oxygen atoms in total. The Morgan fingerprint density at radius 2 is 2.20 bits per heavy atom. The van der Waals surface area contributed by atoms with Gasteiger partial charge in [0.2, 0.25) is 0 Å². The van der Waals surface area contributed by atoms with Crippen LogP contribution in [0.1, 0.15) is 18.3 Å². The lowest BCUT2D eigenvalue weighted by Gasteiger charge is -2.18. The minimum absolute atomic E-state index is 0.381. The molecule has 2 aromatic rings. The topological polar surface area (TPSA) is 64.3 Å². The van der Waals surface area contributed by atoms with Crippen molar-refractivity contribution in [3.05, 3.63) is 32.7 Å². The van der Waals surface area contributed by atoms with Crippen LogP contribution in [0.5, 0.6) is 0 Å². The van der Waals surface area contributed by atoms with Crippen molar-refractivity contribution < 1.29 is 4.74 Å². The zero-order valence-corrected chi connectivity index (χ0v) is 13.9. The molecule has 0 amide bonds. The summed E-state index contributed by atoms with van der Waals surface area (Å²) in [6.45, 7) is 3.72. The van der Waals surface area contributed by atoms with E-state index in [0.717, 1.165) is 16.1 Å². The summed E-state index contributed by atoms with van der Waals surface area (Å²) in [5.74, 6) is 1.87. The molecule has 0 saturated heterocycles. The Morgan fingerprint density at radius 3 is 2.85 bits per heavy atom. The minimum Gasteiger partial charge on any atom is -0.384 e. The van der Waals surface area contributed by atoms with E-state index in [1.54, 1.807) is 17.4 Å². The lowest BCUT2D eigenvalue weighted by Crippen LogP contribution is -2.19. The molecule has 0 radical (unpaired) electrons. The van der Waals surface area contributed by atoms with Crippen molar-refractivity contribution in [2.45, 2.75) is 20.1 Å². The second kappa shape index (κ2) is 7.01. The summed E-state index contributed by atoms with van der Waals surface area (Å²) in [7, 11) is 1.98. The fourth-order valence-electron chi connectivity index (χ4n) is 1.74. The number of ether oxygens (including phenoxy) is 1. The van der Waals surface area contributed by atoms with Crippen LogP contribution >= 0.6 is 27.3 Å². The molecule has 2 aromatic heterocycles. The molecule has 2 rings (SSSR count). The number of aromatic nitrogens is 2. The number of rotatable bonds is 6. The van der Waals surface area contributed by atoms with Gasteiger partial charge in [-0.2, -0.15) is 0 Å². The first kappa shape index (κ1) is 15.2. The predicted octanol–water partition coefficient (Wildman–Crippen LogP) is 3.06. The third kappa shape index (κ3) is 4.16. The van der Waals surface area contributed by atoms with E-state index in [4.69, 9.17) is 10.5 Å². The molecule has 0 aliphatic carbocycles. The predicted molar refractivity (Wildman–Crippen MR) is 85.9 cm³/mol. The Morgan fingerprint density at radius 1 is 1.40 bits per heavy atom. The molecule has 0 aliphatic rings. The Labute approximate surface area is 130 Å². The van der Waals surface area contributed by atoms with E-state index in [-0.39, 0.29) is 0 Å². The van der Waals surface area contributed by atoms with Crippen molar-refractivity contribution in [1.29, 1.82) is 0 Å². The van der Waals surface area contributed by atoms with Crippen LogP contribution in [0, 0.1) is 0 Å². The van der Waals surface area contributed by atoms with E-state index in [1.807, 2.05) is 18.9 Å². The number of hydrogen-bond donors (Lipinski definition) is 1. The van der Waals surface area contributed by atoms with E-state index in [0.29, 0.717) is 24.9 Å². The summed E-state index contributed by atoms with van der Waals surface area (Å²) >= 11 is 5.14. The molecule has 0 unspecified atom stereocenters. The van der Waals surface area contributed by atoms with Gasteiger partial charge in [0.05, 0.1) is 3.79 Å². The van der Waals surface area contributed by atoms with E-state index < -0.39 is 0 Å². The van der Waals surface area contributed by atoms with Crippen molar-refractivity contribution in [3.63, 3.8) is 0 Å². The SMILES string of the molecule is CCOCc1nc(N)cc(N(C)Cc2csc(Br)c2)n1. The molecule has 0 aromatic carbocycles. The fraction of sp³-hybridized carbons (Fsp3) is 0.385. The van der Waals surface area contributed by atoms with E-state index in [1.165, 1.54) is 5.56 Å². The number of thiophene rings is 1. The first-order valence-electron chi connectivity index (χ1n) is 6.23. The average molecular weight is 357 g/mol. The molecule has 0 spiro atoms. The molecule has 2 N–H and O–H groups in total. The summed E-state index contributed by atoms with van der Waals surface area (Å²) in [6.07, 6.45) is 0. The zero-order valence-electron chi connectivity index (χ0n) is 11.5. The average Bonchev–Trinajstić information content (AvgIpc) is 2.81. The molecule has 108 valence electrons. The van der Waals surface area contributed by atoms with Crippen LogP contribution in [0.2, 0.25) is 0 Å². The highest BCUT2D eigenvalue weighted by molar-refractivity contribution is 9.11. The summed E-state index contributed by atoms with van der Waals surface area (Å²) < 4.78 is 6.45. The minimum atomic E-state index is 0.381. The van der Waals surface area contributed by atoms with E-state index in [2.05, 4.69) is 37.3 Å². The highest BCUT2D eigenvalue weighted by atomic mass is 79.9. The van der Waals surface area contributed by atoms with E-state index >= 15 is 0 Å². The number of hydrogen-bond acceptors (Lipinski definition) is 6. The number of nitrogens with two attached hydrogens (primary N) is 1. The zero-order chi connectivity index (χ0) is 14.5. The molecule has 7 heteroatoms. The smallest absolute Gasteiger partial charge is 0.158 e. The van der Waals surface area contributed by atoms with Crippen LogP contribution in [-0.2, 0) is 17.9 Å². The van der Waals surface area contributed by atoms with Crippen molar-refractivity contribution in [2.24, 2.45) is 0 Å². The second-order valence-corrected chi connectivity index (χ2v) is 6.61. The number of nitrogen functional groups attached to an aromatic ring is 1. The highest BCUT2D eigenvalue weighted by Crippen LogP contribution is 2.23. The molecular weight excluding hydrogens is 340 g/mol. The van der Waals surface area contributed by atoms with Crippen molar-refractivity contribution >= 4 is 38.9 Å². The molecule has 0 saturated carbocycles. The van der Waals surface area contributed by atoms with Crippen molar-refractivity contribution in [1.82, 2.24) is 9.97 Å². The molecule has 0 bridgehead atoms. The Balaban J connectivity index is 2.12. The van der Waals surface area contributed by atoms with Gasteiger partial charge in [-0.1, -0.05) is 0 Å². The fourth-order valence-corrected chi connectivity index (χ4v) is 2.94. The molecule has 20 heavy (non-hydrogen) atoms. The maximum absolute atomic E-state index is 5.83. The highest BCUT2D eigenvalue weighted by Gasteiger charge is 2.09. The van der Waals surface area contributed by atoms with Crippen LogP contribution in [0.3, 0.4) is 0 Å². The number of halogens is 1. The second-order valence-electron chi connectivity index (χ2n) is 4.32. The lowest BCUT2D eigenvalue weighted by atomic mass is 10.3. The molecule has 0 atom stereocenters. The van der Waals surface area contributed by atoms with Gasteiger partial charge in [-0.25, -0.2) is 9.97 Å². The standard InChI is InChI=1S/C13H17BrN4OS/c1-3-19-7-12-16-11(15)5-13(17-12)18(2)6-9-4-10(14)20-8-9/h4-5,8H,3,6-7H2,1-2H3,(H2,15,16,17). The van der Waals surface area contributed by atoms with Gasteiger partial charge in [-0.3, -0.25) is 0 Å². The summed E-state index contributed by atoms with van der Waals surface area (Å²) in [6, 6.07) is 3.88. The van der Waals surface area contributed by atoms with Gasteiger partial charge in [0.25, 0.3) is 0 Å². The Kier molecular flexibility index (Phi) is 5.33. The van der Waals surface area contributed by atoms with Gasteiger partial charge >= 0.3 is 0 Å². The Bertz CT molecular complexity index is 575. The van der Waals surface area contributed by atoms with Gasteiger partial charge in [0, 0.05) is 26.3 Å². The molecular formula is C13H17BrN4OS. The Hall–Kier alpha value is -1.18. The third-order valence-electron chi connectivity index (χ3n) is 2.65. The summed E-state index contributed by atoms with van der Waals surface area (Å²) in [5, 5.41) is 2.12. The van der Waals surface area contributed by atoms with Crippen LogP contribution in [0.4, 0.5) is 11.6 Å². The largest absolute Gasteiger partial charge is 0.384 e. The van der Waals surface area contributed by atoms with E-state index in [9.17, 15) is 0 Å². The quantitative estimate of drug-likeness (QED) is 0.861. The van der Waals surface area contributed by atoms with Gasteiger partial charge in [0.15, 0.2) is 5.82 Å². The first-order chi connectivity index (χ1) is 9.58. The number of nitrogens with zero attached hydrogens (tertiary/aromatic N) is 3. The lowest BCUT2D eigenvalue weighted by molar-refractivity contribution is 0.128. The van der Waals surface area contributed by atoms with Gasteiger partial charge in [0.1, 0.15) is 18.2 Å². The van der Waals surface area contributed by atoms with Crippen molar-refractivity contribution in [2.75, 3.05) is 24.3 Å². The van der Waals surface area contributed by atoms with Crippen LogP contribution in [0.25, 0.3) is 0 Å². The van der Waals surface area contributed by atoms with Gasteiger partial charge in [-0.05, 0) is 39.9 Å². The van der Waals surface area contributed by atoms with Gasteiger partial charge < -0.3 is 15.4 Å². The number of anilines is 2. The maximum atomic E-state index is 5.83. The van der Waals surface area contributed by atoms with Crippen molar-refractivity contribution in [3.8, 4) is 0 Å².